The van der Waals surface area contributed by atoms with Crippen LogP contribution < -0.4 is 10.6 Å². The minimum atomic E-state index is 0.0671. The minimum absolute atomic E-state index is 0.0671. The van der Waals surface area contributed by atoms with Crippen molar-refractivity contribution in [3.63, 3.8) is 0 Å². The van der Waals surface area contributed by atoms with Gasteiger partial charge < -0.3 is 20.1 Å². The number of guanidine groups is 1. The Labute approximate surface area is 169 Å². The summed E-state index contributed by atoms with van der Waals surface area (Å²) >= 11 is 0. The summed E-state index contributed by atoms with van der Waals surface area (Å²) in [4.78, 5) is 7.47. The lowest BCUT2D eigenvalue weighted by molar-refractivity contribution is 0.0211. The Kier molecular flexibility index (Phi) is 8.13. The van der Waals surface area contributed by atoms with E-state index < -0.39 is 0 Å². The Morgan fingerprint density at radius 1 is 1.07 bits per heavy atom. The van der Waals surface area contributed by atoms with Gasteiger partial charge in [0.05, 0.1) is 19.8 Å². The zero-order valence-corrected chi connectivity index (χ0v) is 17.5. The van der Waals surface area contributed by atoms with Crippen LogP contribution in [0.2, 0.25) is 0 Å². The lowest BCUT2D eigenvalue weighted by Crippen LogP contribution is -2.49. The van der Waals surface area contributed by atoms with Crippen molar-refractivity contribution in [1.29, 1.82) is 0 Å². The lowest BCUT2D eigenvalue weighted by Gasteiger charge is -2.37. The summed E-state index contributed by atoms with van der Waals surface area (Å²) in [6.45, 7) is 12.2. The molecule has 6 heteroatoms. The third-order valence-electron chi connectivity index (χ3n) is 5.95. The lowest BCUT2D eigenvalue weighted by atomic mass is 9.74. The van der Waals surface area contributed by atoms with Crippen molar-refractivity contribution in [2.45, 2.75) is 38.1 Å². The quantitative estimate of drug-likeness (QED) is 0.553. The van der Waals surface area contributed by atoms with Crippen molar-refractivity contribution in [1.82, 2.24) is 15.5 Å². The monoisotopic (exact) mass is 388 g/mol. The van der Waals surface area contributed by atoms with Gasteiger partial charge >= 0.3 is 0 Å². The van der Waals surface area contributed by atoms with Gasteiger partial charge in [0.25, 0.3) is 0 Å². The molecule has 2 aliphatic heterocycles. The van der Waals surface area contributed by atoms with E-state index in [9.17, 15) is 0 Å². The Morgan fingerprint density at radius 2 is 1.75 bits per heavy atom. The van der Waals surface area contributed by atoms with E-state index in [4.69, 9.17) is 14.5 Å². The molecular formula is C22H36N4O2. The molecule has 0 saturated carbocycles. The molecule has 2 heterocycles. The number of morpholine rings is 1. The van der Waals surface area contributed by atoms with Crippen LogP contribution in [0.5, 0.6) is 0 Å². The van der Waals surface area contributed by atoms with Crippen LogP contribution in [0.3, 0.4) is 0 Å². The normalized spacial score (nSPS) is 21.9. The molecule has 1 aromatic carbocycles. The zero-order valence-electron chi connectivity index (χ0n) is 17.5. The Morgan fingerprint density at radius 3 is 2.43 bits per heavy atom. The molecule has 156 valence electrons. The van der Waals surface area contributed by atoms with E-state index in [1.54, 1.807) is 0 Å². The molecule has 0 bridgehead atoms. The first kappa shape index (κ1) is 21.1. The summed E-state index contributed by atoms with van der Waals surface area (Å²) in [5.41, 5.74) is 1.44. The molecule has 0 spiro atoms. The van der Waals surface area contributed by atoms with E-state index >= 15 is 0 Å². The second kappa shape index (κ2) is 10.8. The summed E-state index contributed by atoms with van der Waals surface area (Å²) in [6, 6.07) is 11.3. The molecule has 2 saturated heterocycles. The minimum Gasteiger partial charge on any atom is -0.381 e. The SMILES string of the molecule is CCNC(=NCC1(c2ccccc2)CCOCC1)NCC(C)N1CCOCC1. The van der Waals surface area contributed by atoms with Crippen LogP contribution in [0.15, 0.2) is 35.3 Å². The predicted octanol–water partition coefficient (Wildman–Crippen LogP) is 2.01. The van der Waals surface area contributed by atoms with Gasteiger partial charge in [0.15, 0.2) is 5.96 Å². The fourth-order valence-electron chi connectivity index (χ4n) is 4.06. The molecule has 1 atom stereocenters. The van der Waals surface area contributed by atoms with Gasteiger partial charge in [0.2, 0.25) is 0 Å². The summed E-state index contributed by atoms with van der Waals surface area (Å²) in [7, 11) is 0. The molecule has 0 radical (unpaired) electrons. The fourth-order valence-corrected chi connectivity index (χ4v) is 4.06. The number of ether oxygens (including phenoxy) is 2. The van der Waals surface area contributed by atoms with Crippen LogP contribution in [0, 0.1) is 0 Å². The van der Waals surface area contributed by atoms with E-state index in [0.717, 1.165) is 78.0 Å². The smallest absolute Gasteiger partial charge is 0.191 e. The topological polar surface area (TPSA) is 58.1 Å². The van der Waals surface area contributed by atoms with Crippen molar-refractivity contribution in [2.75, 3.05) is 59.2 Å². The molecule has 2 aliphatic rings. The summed E-state index contributed by atoms with van der Waals surface area (Å²) in [5, 5.41) is 6.96. The molecular weight excluding hydrogens is 352 g/mol. The van der Waals surface area contributed by atoms with E-state index in [0.29, 0.717) is 6.04 Å². The molecule has 28 heavy (non-hydrogen) atoms. The highest BCUT2D eigenvalue weighted by molar-refractivity contribution is 5.79. The van der Waals surface area contributed by atoms with Gasteiger partial charge in [-0.05, 0) is 32.3 Å². The zero-order chi connectivity index (χ0) is 19.7. The third-order valence-corrected chi connectivity index (χ3v) is 5.95. The number of aliphatic imine (C=N–C) groups is 1. The summed E-state index contributed by atoms with van der Waals surface area (Å²) in [5.74, 6) is 0.907. The maximum Gasteiger partial charge on any atom is 0.191 e. The van der Waals surface area contributed by atoms with Crippen molar-refractivity contribution < 1.29 is 9.47 Å². The average Bonchev–Trinajstić information content (AvgIpc) is 2.77. The summed E-state index contributed by atoms with van der Waals surface area (Å²) < 4.78 is 11.1. The number of nitrogens with one attached hydrogen (secondary N) is 2. The second-order valence-corrected chi connectivity index (χ2v) is 7.83. The van der Waals surface area contributed by atoms with Gasteiger partial charge in [-0.25, -0.2) is 0 Å². The van der Waals surface area contributed by atoms with Crippen LogP contribution in [0.25, 0.3) is 0 Å². The standard InChI is InChI=1S/C22H36N4O2/c1-3-23-21(24-17-19(2)26-11-15-28-16-12-26)25-18-22(9-13-27-14-10-22)20-7-5-4-6-8-20/h4-8,19H,3,9-18H2,1-2H3,(H2,23,24,25). The molecule has 0 amide bonds. The van der Waals surface area contributed by atoms with Crippen molar-refractivity contribution in [3.8, 4) is 0 Å². The maximum absolute atomic E-state index is 5.65. The van der Waals surface area contributed by atoms with E-state index in [2.05, 4.69) is 59.7 Å². The van der Waals surface area contributed by atoms with Gasteiger partial charge in [0.1, 0.15) is 0 Å². The van der Waals surface area contributed by atoms with Crippen LogP contribution in [-0.4, -0.2) is 76.1 Å². The van der Waals surface area contributed by atoms with Gasteiger partial charge in [-0.2, -0.15) is 0 Å². The first-order chi connectivity index (χ1) is 13.7. The maximum atomic E-state index is 5.65. The number of nitrogens with zero attached hydrogens (tertiary/aromatic N) is 2. The molecule has 1 unspecified atom stereocenters. The summed E-state index contributed by atoms with van der Waals surface area (Å²) in [6.07, 6.45) is 2.04. The number of benzene rings is 1. The third kappa shape index (κ3) is 5.69. The molecule has 1 aromatic rings. The van der Waals surface area contributed by atoms with Gasteiger partial charge in [-0.15, -0.1) is 0 Å². The Bertz CT molecular complexity index is 596. The van der Waals surface area contributed by atoms with Gasteiger partial charge in [-0.1, -0.05) is 30.3 Å². The highest BCUT2D eigenvalue weighted by Crippen LogP contribution is 2.35. The second-order valence-electron chi connectivity index (χ2n) is 7.83. The van der Waals surface area contributed by atoms with Crippen molar-refractivity contribution >= 4 is 5.96 Å². The first-order valence-electron chi connectivity index (χ1n) is 10.7. The number of hydrogen-bond donors (Lipinski definition) is 2. The fraction of sp³-hybridized carbons (Fsp3) is 0.682. The van der Waals surface area contributed by atoms with Crippen LogP contribution in [-0.2, 0) is 14.9 Å². The number of rotatable bonds is 7. The van der Waals surface area contributed by atoms with E-state index in [1.807, 2.05) is 0 Å². The average molecular weight is 389 g/mol. The van der Waals surface area contributed by atoms with Crippen LogP contribution >= 0.6 is 0 Å². The van der Waals surface area contributed by atoms with Crippen molar-refractivity contribution in [2.24, 2.45) is 4.99 Å². The predicted molar refractivity (Wildman–Crippen MR) is 114 cm³/mol. The highest BCUT2D eigenvalue weighted by atomic mass is 16.5. The molecule has 3 rings (SSSR count). The Balaban J connectivity index is 1.64. The van der Waals surface area contributed by atoms with Gasteiger partial charge in [-0.3, -0.25) is 9.89 Å². The van der Waals surface area contributed by atoms with Crippen LogP contribution in [0.4, 0.5) is 0 Å². The molecule has 0 aromatic heterocycles. The first-order valence-corrected chi connectivity index (χ1v) is 10.7. The number of hydrogen-bond acceptors (Lipinski definition) is 4. The highest BCUT2D eigenvalue weighted by Gasteiger charge is 2.34. The molecule has 6 nitrogen and oxygen atoms in total. The molecule has 2 fully saturated rings. The Hall–Kier alpha value is -1.63. The van der Waals surface area contributed by atoms with Crippen molar-refractivity contribution in [3.05, 3.63) is 35.9 Å². The van der Waals surface area contributed by atoms with Gasteiger partial charge in [0, 0.05) is 50.8 Å². The van der Waals surface area contributed by atoms with E-state index in [-0.39, 0.29) is 5.41 Å². The molecule has 2 N–H and O–H groups in total. The largest absolute Gasteiger partial charge is 0.381 e. The molecule has 0 aliphatic carbocycles. The van der Waals surface area contributed by atoms with Crippen LogP contribution in [0.1, 0.15) is 32.3 Å². The van der Waals surface area contributed by atoms with E-state index in [1.165, 1.54) is 5.56 Å².